The van der Waals surface area contributed by atoms with Gasteiger partial charge in [-0.1, -0.05) is 12.2 Å². The number of aromatic nitrogens is 2. The lowest BCUT2D eigenvalue weighted by Gasteiger charge is -2.16. The van der Waals surface area contributed by atoms with Crippen LogP contribution in [-0.2, 0) is 14.2 Å². The maximum atomic E-state index is 14.4. The standard InChI is InChI=1S/C11H15FN2O3S2/c1-15-4-6-9(16-2)7(12)8(17-6)5-3-13-11(19)14-10(5)18/h3,6-9H,4H2,1-2H3,(H2,13,14,18,19)/t6-,7?,8+,9?/m1/s1. The highest BCUT2D eigenvalue weighted by atomic mass is 32.1. The molecular formula is C11H15FN2O3S2. The van der Waals surface area contributed by atoms with Gasteiger partial charge in [0.1, 0.15) is 23.0 Å². The lowest BCUT2D eigenvalue weighted by atomic mass is 10.1. The van der Waals surface area contributed by atoms with Crippen LogP contribution in [0.2, 0.25) is 0 Å². The summed E-state index contributed by atoms with van der Waals surface area (Å²) in [7, 11) is 2.98. The minimum absolute atomic E-state index is 0.259. The van der Waals surface area contributed by atoms with E-state index >= 15 is 0 Å². The van der Waals surface area contributed by atoms with Crippen LogP contribution in [0.3, 0.4) is 0 Å². The molecule has 19 heavy (non-hydrogen) atoms. The number of rotatable bonds is 4. The average molecular weight is 306 g/mol. The Morgan fingerprint density at radius 1 is 1.42 bits per heavy atom. The molecule has 1 aliphatic rings. The number of alkyl halides is 1. The summed E-state index contributed by atoms with van der Waals surface area (Å²) >= 11 is 10.1. The van der Waals surface area contributed by atoms with E-state index in [-0.39, 0.29) is 6.61 Å². The van der Waals surface area contributed by atoms with Gasteiger partial charge in [0.25, 0.3) is 0 Å². The van der Waals surface area contributed by atoms with Gasteiger partial charge in [0.2, 0.25) is 0 Å². The van der Waals surface area contributed by atoms with Crippen molar-refractivity contribution in [3.63, 3.8) is 0 Å². The number of methoxy groups -OCH3 is 2. The Morgan fingerprint density at radius 3 is 2.74 bits per heavy atom. The van der Waals surface area contributed by atoms with Crippen molar-refractivity contribution in [1.29, 1.82) is 0 Å². The second-order valence-electron chi connectivity index (χ2n) is 4.22. The topological polar surface area (TPSA) is 59.3 Å². The van der Waals surface area contributed by atoms with Crippen LogP contribution >= 0.6 is 24.4 Å². The van der Waals surface area contributed by atoms with Gasteiger partial charge in [-0.25, -0.2) is 4.39 Å². The van der Waals surface area contributed by atoms with Crippen molar-refractivity contribution in [2.24, 2.45) is 0 Å². The van der Waals surface area contributed by atoms with E-state index < -0.39 is 24.5 Å². The molecule has 0 radical (unpaired) electrons. The van der Waals surface area contributed by atoms with Crippen LogP contribution in [0, 0.1) is 9.41 Å². The van der Waals surface area contributed by atoms with E-state index in [1.165, 1.54) is 14.2 Å². The Balaban J connectivity index is 2.30. The SMILES string of the molecule is COC[C@H]1O[C@@H](c2c[nH]c(=S)[nH]c2=S)C(F)C1OC. The zero-order valence-electron chi connectivity index (χ0n) is 10.5. The molecule has 2 rings (SSSR count). The molecule has 1 aromatic heterocycles. The van der Waals surface area contributed by atoms with Crippen molar-refractivity contribution in [1.82, 2.24) is 9.97 Å². The van der Waals surface area contributed by atoms with Gasteiger partial charge in [0.05, 0.1) is 6.61 Å². The molecule has 0 amide bonds. The third-order valence-corrected chi connectivity index (χ3v) is 3.61. The molecule has 1 saturated heterocycles. The number of halogens is 1. The minimum atomic E-state index is -1.32. The summed E-state index contributed by atoms with van der Waals surface area (Å²) in [4.78, 5) is 5.56. The molecule has 0 saturated carbocycles. The Morgan fingerprint density at radius 2 is 2.16 bits per heavy atom. The summed E-state index contributed by atoms with van der Waals surface area (Å²) in [5.74, 6) is 0. The van der Waals surface area contributed by atoms with Crippen LogP contribution in [0.4, 0.5) is 4.39 Å². The van der Waals surface area contributed by atoms with Gasteiger partial charge in [0.15, 0.2) is 10.9 Å². The number of H-pyrrole nitrogens is 2. The second kappa shape index (κ2) is 6.19. The van der Waals surface area contributed by atoms with E-state index in [0.29, 0.717) is 15.0 Å². The molecule has 0 spiro atoms. The lowest BCUT2D eigenvalue weighted by Crippen LogP contribution is -2.33. The second-order valence-corrected chi connectivity index (χ2v) is 5.04. The molecular weight excluding hydrogens is 291 g/mol. The third-order valence-electron chi connectivity index (χ3n) is 3.05. The minimum Gasteiger partial charge on any atom is -0.382 e. The number of hydrogen-bond donors (Lipinski definition) is 2. The van der Waals surface area contributed by atoms with Crippen molar-refractivity contribution in [3.8, 4) is 0 Å². The fourth-order valence-corrected chi connectivity index (χ4v) is 2.68. The smallest absolute Gasteiger partial charge is 0.175 e. The molecule has 1 aliphatic heterocycles. The monoisotopic (exact) mass is 306 g/mol. The van der Waals surface area contributed by atoms with E-state index in [9.17, 15) is 4.39 Å². The molecule has 0 aliphatic carbocycles. The highest BCUT2D eigenvalue weighted by Gasteiger charge is 2.46. The van der Waals surface area contributed by atoms with Crippen LogP contribution in [0.25, 0.3) is 0 Å². The molecule has 1 aromatic rings. The van der Waals surface area contributed by atoms with Crippen LogP contribution in [0.15, 0.2) is 6.20 Å². The average Bonchev–Trinajstić information content (AvgIpc) is 2.66. The van der Waals surface area contributed by atoms with Gasteiger partial charge in [-0.2, -0.15) is 0 Å². The zero-order valence-corrected chi connectivity index (χ0v) is 12.1. The maximum absolute atomic E-state index is 14.4. The molecule has 2 unspecified atom stereocenters. The van der Waals surface area contributed by atoms with Gasteiger partial charge in [0, 0.05) is 26.0 Å². The molecule has 2 heterocycles. The Hall–Kier alpha value is -0.670. The molecule has 106 valence electrons. The van der Waals surface area contributed by atoms with Gasteiger partial charge in [-0.15, -0.1) is 0 Å². The number of nitrogens with one attached hydrogen (secondary N) is 2. The van der Waals surface area contributed by atoms with Crippen molar-refractivity contribution in [3.05, 3.63) is 21.2 Å². The van der Waals surface area contributed by atoms with Gasteiger partial charge in [-0.05, 0) is 12.2 Å². The molecule has 0 bridgehead atoms. The molecule has 8 heteroatoms. The quantitative estimate of drug-likeness (QED) is 0.836. The van der Waals surface area contributed by atoms with Crippen LogP contribution in [0.1, 0.15) is 11.7 Å². The summed E-state index contributed by atoms with van der Waals surface area (Å²) in [5.41, 5.74) is 0.525. The molecule has 4 atom stereocenters. The molecule has 0 aromatic carbocycles. The first kappa shape index (κ1) is 14.7. The largest absolute Gasteiger partial charge is 0.382 e. The van der Waals surface area contributed by atoms with Gasteiger partial charge < -0.3 is 24.2 Å². The first-order chi connectivity index (χ1) is 9.08. The van der Waals surface area contributed by atoms with Crippen LogP contribution in [0.5, 0.6) is 0 Å². The van der Waals surface area contributed by atoms with Gasteiger partial charge >= 0.3 is 0 Å². The van der Waals surface area contributed by atoms with E-state index in [1.807, 2.05) is 0 Å². The number of ether oxygens (including phenoxy) is 3. The molecule has 2 N–H and O–H groups in total. The summed E-state index contributed by atoms with van der Waals surface area (Å²) in [5, 5.41) is 0. The van der Waals surface area contributed by atoms with Crippen LogP contribution in [-0.4, -0.2) is 49.2 Å². The number of aromatic amines is 2. The first-order valence-electron chi connectivity index (χ1n) is 5.71. The highest BCUT2D eigenvalue weighted by Crippen LogP contribution is 2.37. The Labute approximate surface area is 120 Å². The summed E-state index contributed by atoms with van der Waals surface area (Å²) < 4.78 is 31.0. The predicted octanol–water partition coefficient (Wildman–Crippen LogP) is 2.24. The normalized spacial score (nSPS) is 30.7. The van der Waals surface area contributed by atoms with Crippen molar-refractivity contribution in [2.75, 3.05) is 20.8 Å². The van der Waals surface area contributed by atoms with E-state index in [1.54, 1.807) is 6.20 Å². The lowest BCUT2D eigenvalue weighted by molar-refractivity contribution is -0.0451. The van der Waals surface area contributed by atoms with Gasteiger partial charge in [-0.3, -0.25) is 0 Å². The molecule has 1 fully saturated rings. The maximum Gasteiger partial charge on any atom is 0.175 e. The summed E-state index contributed by atoms with van der Waals surface area (Å²) in [6.45, 7) is 0.259. The fraction of sp³-hybridized carbons (Fsp3) is 0.636. The third kappa shape index (κ3) is 2.92. The predicted molar refractivity (Wildman–Crippen MR) is 72.0 cm³/mol. The Bertz CT molecular complexity index is 547. The van der Waals surface area contributed by atoms with E-state index in [2.05, 4.69) is 9.97 Å². The first-order valence-corrected chi connectivity index (χ1v) is 6.53. The fourth-order valence-electron chi connectivity index (χ4n) is 2.17. The Kier molecular flexibility index (Phi) is 4.80. The van der Waals surface area contributed by atoms with Crippen molar-refractivity contribution in [2.45, 2.75) is 24.5 Å². The summed E-state index contributed by atoms with van der Waals surface area (Å²) in [6, 6.07) is 0. The van der Waals surface area contributed by atoms with E-state index in [0.717, 1.165) is 0 Å². The van der Waals surface area contributed by atoms with Crippen molar-refractivity contribution >= 4 is 24.4 Å². The zero-order chi connectivity index (χ0) is 14.0. The summed E-state index contributed by atoms with van der Waals surface area (Å²) in [6.07, 6.45) is -1.68. The van der Waals surface area contributed by atoms with Crippen LogP contribution < -0.4 is 0 Å². The highest BCUT2D eigenvalue weighted by molar-refractivity contribution is 7.72. The van der Waals surface area contributed by atoms with E-state index in [4.69, 9.17) is 38.6 Å². The number of hydrogen-bond acceptors (Lipinski definition) is 5. The van der Waals surface area contributed by atoms with Crippen molar-refractivity contribution < 1.29 is 18.6 Å². The molecule has 5 nitrogen and oxygen atoms in total.